The number of hydrogen-bond donors (Lipinski definition) is 1. The van der Waals surface area contributed by atoms with Crippen molar-refractivity contribution in [2.75, 3.05) is 12.4 Å². The van der Waals surface area contributed by atoms with Crippen LogP contribution in [0.4, 0.5) is 0 Å². The van der Waals surface area contributed by atoms with Crippen molar-refractivity contribution in [2.45, 2.75) is 44.9 Å². The Hall–Kier alpha value is -2.22. The fourth-order valence-corrected chi connectivity index (χ4v) is 4.30. The number of aryl methyl sites for hydroxylation is 2. The van der Waals surface area contributed by atoms with E-state index >= 15 is 0 Å². The molecule has 1 heterocycles. The molecule has 170 valence electrons. The van der Waals surface area contributed by atoms with Crippen LogP contribution in [-0.2, 0) is 24.3 Å². The van der Waals surface area contributed by atoms with Crippen LogP contribution in [0.1, 0.15) is 30.3 Å². The number of nitrogens with one attached hydrogen (secondary N) is 1. The first-order valence-electron chi connectivity index (χ1n) is 10.4. The monoisotopic (exact) mass is 492 g/mol. The van der Waals surface area contributed by atoms with Crippen molar-refractivity contribution in [2.24, 2.45) is 0 Å². The highest BCUT2D eigenvalue weighted by Crippen LogP contribution is 2.22. The molecule has 0 fully saturated rings. The molecular weight excluding hydrogens is 467 g/mol. The zero-order chi connectivity index (χ0) is 22.9. The van der Waals surface area contributed by atoms with E-state index < -0.39 is 0 Å². The Morgan fingerprint density at radius 1 is 1.12 bits per heavy atom. The van der Waals surface area contributed by atoms with Crippen LogP contribution in [0.5, 0.6) is 5.75 Å². The van der Waals surface area contributed by atoms with Crippen molar-refractivity contribution in [3.8, 4) is 5.75 Å². The van der Waals surface area contributed by atoms with Gasteiger partial charge in [0.2, 0.25) is 5.91 Å². The second kappa shape index (κ2) is 12.1. The highest BCUT2D eigenvalue weighted by molar-refractivity contribution is 7.99. The summed E-state index contributed by atoms with van der Waals surface area (Å²) in [6.45, 7) is 5.81. The maximum atomic E-state index is 12.2. The zero-order valence-corrected chi connectivity index (χ0v) is 20.4. The molecule has 0 saturated carbocycles. The molecule has 0 bridgehead atoms. The van der Waals surface area contributed by atoms with Gasteiger partial charge in [-0.15, -0.1) is 10.2 Å². The topological polar surface area (TPSA) is 69.0 Å². The Balaban J connectivity index is 1.44. The second-order valence-corrected chi connectivity index (χ2v) is 9.01. The summed E-state index contributed by atoms with van der Waals surface area (Å²) in [5.74, 6) is 1.97. The van der Waals surface area contributed by atoms with Gasteiger partial charge in [0.15, 0.2) is 5.16 Å². The predicted octanol–water partition coefficient (Wildman–Crippen LogP) is 5.33. The van der Waals surface area contributed by atoms with Crippen molar-refractivity contribution < 1.29 is 9.53 Å². The largest absolute Gasteiger partial charge is 0.493 e. The molecule has 32 heavy (non-hydrogen) atoms. The van der Waals surface area contributed by atoms with Gasteiger partial charge in [-0.05, 0) is 61.7 Å². The molecule has 9 heteroatoms. The Bertz CT molecular complexity index is 1040. The summed E-state index contributed by atoms with van der Waals surface area (Å²) >= 11 is 13.3. The number of rotatable bonds is 11. The van der Waals surface area contributed by atoms with E-state index in [1.807, 2.05) is 60.9 Å². The van der Waals surface area contributed by atoms with Crippen molar-refractivity contribution in [1.29, 1.82) is 0 Å². The van der Waals surface area contributed by atoms with Crippen LogP contribution in [0.3, 0.4) is 0 Å². The number of thioether (sulfide) groups is 1. The van der Waals surface area contributed by atoms with Gasteiger partial charge in [0.05, 0.1) is 12.4 Å². The van der Waals surface area contributed by atoms with Crippen LogP contribution in [0.15, 0.2) is 47.6 Å². The van der Waals surface area contributed by atoms with Gasteiger partial charge >= 0.3 is 0 Å². The highest BCUT2D eigenvalue weighted by atomic mass is 35.5. The van der Waals surface area contributed by atoms with Gasteiger partial charge in [0.25, 0.3) is 0 Å². The maximum absolute atomic E-state index is 12.2. The first-order chi connectivity index (χ1) is 15.5. The van der Waals surface area contributed by atoms with Crippen LogP contribution in [0.2, 0.25) is 10.0 Å². The number of ether oxygens (including phenoxy) is 1. The van der Waals surface area contributed by atoms with Crippen molar-refractivity contribution in [1.82, 2.24) is 20.1 Å². The summed E-state index contributed by atoms with van der Waals surface area (Å²) in [4.78, 5) is 12.2. The number of carbonyl (C=O) groups is 1. The molecule has 6 nitrogen and oxygen atoms in total. The molecule has 0 aliphatic rings. The minimum atomic E-state index is -0.0520. The molecule has 0 aliphatic heterocycles. The number of nitrogens with zero attached hydrogens (tertiary/aromatic N) is 3. The van der Waals surface area contributed by atoms with E-state index in [4.69, 9.17) is 27.9 Å². The Morgan fingerprint density at radius 2 is 1.88 bits per heavy atom. The lowest BCUT2D eigenvalue weighted by Crippen LogP contribution is -2.24. The zero-order valence-electron chi connectivity index (χ0n) is 18.1. The molecule has 0 aliphatic carbocycles. The van der Waals surface area contributed by atoms with Crippen LogP contribution in [0.25, 0.3) is 0 Å². The summed E-state index contributed by atoms with van der Waals surface area (Å²) in [6.07, 6.45) is 1.56. The fourth-order valence-electron chi connectivity index (χ4n) is 3.10. The summed E-state index contributed by atoms with van der Waals surface area (Å²) in [5.41, 5.74) is 2.02. The second-order valence-electron chi connectivity index (χ2n) is 7.20. The lowest BCUT2D eigenvalue weighted by atomic mass is 10.2. The molecule has 1 aromatic heterocycles. The lowest BCUT2D eigenvalue weighted by Gasteiger charge is -2.10. The van der Waals surface area contributed by atoms with Crippen molar-refractivity contribution in [3.05, 3.63) is 69.5 Å². The molecule has 1 amide bonds. The first kappa shape index (κ1) is 24.4. The molecular formula is C23H26Cl2N4O2S. The molecule has 3 rings (SSSR count). The third-order valence-electron chi connectivity index (χ3n) is 4.78. The first-order valence-corrected chi connectivity index (χ1v) is 12.2. The van der Waals surface area contributed by atoms with Gasteiger partial charge in [-0.2, -0.15) is 0 Å². The van der Waals surface area contributed by atoms with Gasteiger partial charge < -0.3 is 14.6 Å². The minimum absolute atomic E-state index is 0.0520. The van der Waals surface area contributed by atoms with Crippen LogP contribution in [-0.4, -0.2) is 33.0 Å². The summed E-state index contributed by atoms with van der Waals surface area (Å²) in [6, 6.07) is 13.0. The molecule has 0 atom stereocenters. The van der Waals surface area contributed by atoms with E-state index in [9.17, 15) is 4.79 Å². The predicted molar refractivity (Wildman–Crippen MR) is 130 cm³/mol. The molecule has 0 spiro atoms. The number of amides is 1. The summed E-state index contributed by atoms with van der Waals surface area (Å²) < 4.78 is 7.91. The van der Waals surface area contributed by atoms with Crippen LogP contribution < -0.4 is 10.1 Å². The molecule has 3 aromatic rings. The van der Waals surface area contributed by atoms with Gasteiger partial charge in [0, 0.05) is 29.6 Å². The van der Waals surface area contributed by atoms with E-state index in [0.29, 0.717) is 23.2 Å². The van der Waals surface area contributed by atoms with E-state index in [1.54, 1.807) is 0 Å². The van der Waals surface area contributed by atoms with E-state index in [0.717, 1.165) is 47.2 Å². The Labute approximate surface area is 202 Å². The van der Waals surface area contributed by atoms with Gasteiger partial charge in [-0.25, -0.2) is 0 Å². The van der Waals surface area contributed by atoms with Crippen LogP contribution >= 0.6 is 35.0 Å². The normalized spacial score (nSPS) is 10.9. The number of halogens is 2. The summed E-state index contributed by atoms with van der Waals surface area (Å²) in [7, 11) is 0. The number of hydrogen-bond acceptors (Lipinski definition) is 5. The van der Waals surface area contributed by atoms with Crippen molar-refractivity contribution >= 4 is 40.9 Å². The van der Waals surface area contributed by atoms with E-state index in [1.165, 1.54) is 11.8 Å². The van der Waals surface area contributed by atoms with Gasteiger partial charge in [0.1, 0.15) is 11.6 Å². The average molecular weight is 493 g/mol. The fraction of sp³-hybridized carbons (Fsp3) is 0.348. The van der Waals surface area contributed by atoms with E-state index in [2.05, 4.69) is 15.5 Å². The van der Waals surface area contributed by atoms with Crippen molar-refractivity contribution in [3.63, 3.8) is 0 Å². The smallest absolute Gasteiger partial charge is 0.230 e. The van der Waals surface area contributed by atoms with E-state index in [-0.39, 0.29) is 11.7 Å². The SMILES string of the molecule is CCn1c(CCCOc2ccc(Cl)cc2C)nnc1SCC(=O)NCc1ccc(Cl)cc1. The number of aromatic nitrogens is 3. The lowest BCUT2D eigenvalue weighted by molar-refractivity contribution is -0.118. The maximum Gasteiger partial charge on any atom is 0.230 e. The average Bonchev–Trinajstić information content (AvgIpc) is 3.17. The molecule has 0 unspecified atom stereocenters. The molecule has 0 radical (unpaired) electrons. The summed E-state index contributed by atoms with van der Waals surface area (Å²) in [5, 5.41) is 13.6. The molecule has 1 N–H and O–H groups in total. The number of benzene rings is 2. The molecule has 0 saturated heterocycles. The standard InChI is InChI=1S/C23H26Cl2N4O2S/c1-3-29-21(5-4-12-31-20-11-10-19(25)13-16(20)2)27-28-23(29)32-15-22(30)26-14-17-6-8-18(24)9-7-17/h6-11,13H,3-5,12,14-15H2,1-2H3,(H,26,30). The van der Waals surface area contributed by atoms with Gasteiger partial charge in [-0.3, -0.25) is 4.79 Å². The highest BCUT2D eigenvalue weighted by Gasteiger charge is 2.13. The molecule has 2 aromatic carbocycles. The van der Waals surface area contributed by atoms with Crippen LogP contribution in [0, 0.1) is 6.92 Å². The van der Waals surface area contributed by atoms with Gasteiger partial charge in [-0.1, -0.05) is 47.1 Å². The quantitative estimate of drug-likeness (QED) is 0.289. The third kappa shape index (κ3) is 7.15. The Morgan fingerprint density at radius 3 is 2.59 bits per heavy atom. The minimum Gasteiger partial charge on any atom is -0.493 e. The number of carbonyl (C=O) groups excluding carboxylic acids is 1. The third-order valence-corrected chi connectivity index (χ3v) is 6.24. The Kier molecular flexibility index (Phi) is 9.26.